The van der Waals surface area contributed by atoms with E-state index in [-0.39, 0.29) is 0 Å². The number of benzene rings is 1. The minimum absolute atomic E-state index is 0.757. The van der Waals surface area contributed by atoms with E-state index in [1.165, 1.54) is 5.56 Å². The van der Waals surface area contributed by atoms with Gasteiger partial charge in [-0.3, -0.25) is 4.68 Å². The number of halogens is 1. The van der Waals surface area contributed by atoms with Crippen LogP contribution >= 0.6 is 11.6 Å². The lowest BCUT2D eigenvalue weighted by molar-refractivity contribution is 0.731. The fraction of sp³-hybridized carbons (Fsp3) is 0.357. The Morgan fingerprint density at radius 1 is 1.28 bits per heavy atom. The molecule has 96 valence electrons. The van der Waals surface area contributed by atoms with Gasteiger partial charge in [0.15, 0.2) is 0 Å². The largest absolute Gasteiger partial charge is 0.378 e. The van der Waals surface area contributed by atoms with Crippen LogP contribution in [-0.4, -0.2) is 9.78 Å². The first-order chi connectivity index (χ1) is 8.49. The minimum atomic E-state index is 0.757. The van der Waals surface area contributed by atoms with Crippen molar-refractivity contribution in [2.75, 3.05) is 5.32 Å². The van der Waals surface area contributed by atoms with Gasteiger partial charge in [0, 0.05) is 18.6 Å². The van der Waals surface area contributed by atoms with Crippen molar-refractivity contribution in [3.63, 3.8) is 0 Å². The molecule has 1 aromatic carbocycles. The van der Waals surface area contributed by atoms with E-state index >= 15 is 0 Å². The Labute approximate surface area is 113 Å². The normalized spacial score (nSPS) is 10.7. The molecule has 0 amide bonds. The summed E-state index contributed by atoms with van der Waals surface area (Å²) in [5, 5.41) is 8.62. The highest BCUT2D eigenvalue weighted by Gasteiger charge is 2.08. The molecule has 0 bridgehead atoms. The lowest BCUT2D eigenvalue weighted by atomic mass is 10.1. The second-order valence-electron chi connectivity index (χ2n) is 4.61. The van der Waals surface area contributed by atoms with Crippen LogP contribution in [0.1, 0.15) is 22.5 Å². The molecule has 0 saturated heterocycles. The maximum atomic E-state index is 6.12. The van der Waals surface area contributed by atoms with E-state index in [0.717, 1.165) is 34.2 Å². The second kappa shape index (κ2) is 5.02. The van der Waals surface area contributed by atoms with Gasteiger partial charge in [-0.2, -0.15) is 5.10 Å². The van der Waals surface area contributed by atoms with Crippen LogP contribution < -0.4 is 5.32 Å². The summed E-state index contributed by atoms with van der Waals surface area (Å²) in [4.78, 5) is 0. The molecule has 1 aromatic heterocycles. The Morgan fingerprint density at radius 3 is 2.56 bits per heavy atom. The first-order valence-electron chi connectivity index (χ1n) is 5.98. The fourth-order valence-corrected chi connectivity index (χ4v) is 2.17. The number of nitrogens with zero attached hydrogens (tertiary/aromatic N) is 2. The van der Waals surface area contributed by atoms with Crippen molar-refractivity contribution in [3.8, 4) is 0 Å². The molecule has 0 saturated carbocycles. The monoisotopic (exact) mass is 263 g/mol. The van der Waals surface area contributed by atoms with E-state index in [9.17, 15) is 0 Å². The van der Waals surface area contributed by atoms with Crippen LogP contribution in [-0.2, 0) is 13.6 Å². The van der Waals surface area contributed by atoms with Crippen molar-refractivity contribution < 1.29 is 0 Å². The van der Waals surface area contributed by atoms with Gasteiger partial charge >= 0.3 is 0 Å². The molecule has 0 atom stereocenters. The molecular weight excluding hydrogens is 246 g/mol. The van der Waals surface area contributed by atoms with Crippen molar-refractivity contribution in [2.24, 2.45) is 7.05 Å². The number of aryl methyl sites for hydroxylation is 3. The van der Waals surface area contributed by atoms with Gasteiger partial charge in [-0.15, -0.1) is 0 Å². The highest BCUT2D eigenvalue weighted by Crippen LogP contribution is 2.21. The van der Waals surface area contributed by atoms with Crippen molar-refractivity contribution >= 4 is 17.3 Å². The Kier molecular flexibility index (Phi) is 3.62. The van der Waals surface area contributed by atoms with Crippen LogP contribution in [0.3, 0.4) is 0 Å². The van der Waals surface area contributed by atoms with Gasteiger partial charge < -0.3 is 5.32 Å². The van der Waals surface area contributed by atoms with Crippen molar-refractivity contribution in [3.05, 3.63) is 45.7 Å². The molecule has 0 fully saturated rings. The predicted octanol–water partition coefficient (Wildman–Crippen LogP) is 3.61. The lowest BCUT2D eigenvalue weighted by Gasteiger charge is -2.08. The van der Waals surface area contributed by atoms with Gasteiger partial charge in [-0.05, 0) is 38.0 Å². The van der Waals surface area contributed by atoms with Crippen LogP contribution in [0.15, 0.2) is 18.2 Å². The number of hydrogen-bond acceptors (Lipinski definition) is 2. The highest BCUT2D eigenvalue weighted by atomic mass is 35.5. The predicted molar refractivity (Wildman–Crippen MR) is 76.2 cm³/mol. The molecule has 4 heteroatoms. The van der Waals surface area contributed by atoms with E-state index in [1.54, 1.807) is 0 Å². The van der Waals surface area contributed by atoms with Crippen molar-refractivity contribution in [1.29, 1.82) is 0 Å². The molecule has 0 spiro atoms. The molecule has 0 radical (unpaired) electrons. The smallest absolute Gasteiger partial charge is 0.0827 e. The zero-order chi connectivity index (χ0) is 13.3. The summed E-state index contributed by atoms with van der Waals surface area (Å²) in [6.45, 7) is 6.84. The van der Waals surface area contributed by atoms with Gasteiger partial charge in [-0.25, -0.2) is 0 Å². The van der Waals surface area contributed by atoms with Gasteiger partial charge in [0.1, 0.15) is 0 Å². The maximum Gasteiger partial charge on any atom is 0.0827 e. The van der Waals surface area contributed by atoms with Gasteiger partial charge in [-0.1, -0.05) is 23.7 Å². The Morgan fingerprint density at radius 2 is 2.00 bits per heavy atom. The van der Waals surface area contributed by atoms with E-state index in [2.05, 4.69) is 23.4 Å². The summed E-state index contributed by atoms with van der Waals surface area (Å²) in [5.74, 6) is 0. The number of nitrogens with one attached hydrogen (secondary N) is 1. The number of anilines is 1. The SMILES string of the molecule is Cc1ccc(CNc2c(C)nn(C)c2C)cc1Cl. The minimum Gasteiger partial charge on any atom is -0.378 e. The third-order valence-electron chi connectivity index (χ3n) is 3.21. The first-order valence-corrected chi connectivity index (χ1v) is 6.36. The summed E-state index contributed by atoms with van der Waals surface area (Å²) in [5.41, 5.74) is 5.55. The van der Waals surface area contributed by atoms with E-state index in [1.807, 2.05) is 37.7 Å². The van der Waals surface area contributed by atoms with Gasteiger partial charge in [0.25, 0.3) is 0 Å². The zero-order valence-corrected chi connectivity index (χ0v) is 12.0. The van der Waals surface area contributed by atoms with E-state index in [0.29, 0.717) is 0 Å². The molecule has 3 nitrogen and oxygen atoms in total. The molecule has 18 heavy (non-hydrogen) atoms. The maximum absolute atomic E-state index is 6.12. The first kappa shape index (κ1) is 13.0. The average molecular weight is 264 g/mol. The van der Waals surface area contributed by atoms with Gasteiger partial charge in [0.05, 0.1) is 17.1 Å². The van der Waals surface area contributed by atoms with E-state index in [4.69, 9.17) is 11.6 Å². The Bertz CT molecular complexity index is 573. The number of rotatable bonds is 3. The Hall–Kier alpha value is -1.48. The summed E-state index contributed by atoms with van der Waals surface area (Å²) >= 11 is 6.12. The molecule has 1 heterocycles. The molecule has 1 N–H and O–H groups in total. The lowest BCUT2D eigenvalue weighted by Crippen LogP contribution is -2.02. The van der Waals surface area contributed by atoms with Crippen LogP contribution in [0.5, 0.6) is 0 Å². The van der Waals surface area contributed by atoms with Gasteiger partial charge in [0.2, 0.25) is 0 Å². The quantitative estimate of drug-likeness (QED) is 0.917. The topological polar surface area (TPSA) is 29.9 Å². The van der Waals surface area contributed by atoms with Crippen LogP contribution in [0.4, 0.5) is 5.69 Å². The Balaban J connectivity index is 2.14. The summed E-state index contributed by atoms with van der Waals surface area (Å²) in [6, 6.07) is 6.14. The number of aromatic nitrogens is 2. The molecule has 0 aliphatic heterocycles. The molecule has 0 unspecified atom stereocenters. The fourth-order valence-electron chi connectivity index (χ4n) is 1.97. The standard InChI is InChI=1S/C14H18ClN3/c1-9-5-6-12(7-13(9)15)8-16-14-10(2)17-18(4)11(14)3/h5-7,16H,8H2,1-4H3. The average Bonchev–Trinajstić information content (AvgIpc) is 2.56. The molecule has 0 aliphatic carbocycles. The third kappa shape index (κ3) is 2.51. The van der Waals surface area contributed by atoms with E-state index < -0.39 is 0 Å². The second-order valence-corrected chi connectivity index (χ2v) is 5.01. The van der Waals surface area contributed by atoms with Crippen LogP contribution in [0, 0.1) is 20.8 Å². The summed E-state index contributed by atoms with van der Waals surface area (Å²) in [6.07, 6.45) is 0. The number of hydrogen-bond donors (Lipinski definition) is 1. The molecule has 2 rings (SSSR count). The molecule has 2 aromatic rings. The van der Waals surface area contributed by atoms with Crippen LogP contribution in [0.25, 0.3) is 0 Å². The molecular formula is C14H18ClN3. The summed E-state index contributed by atoms with van der Waals surface area (Å²) < 4.78 is 1.89. The summed E-state index contributed by atoms with van der Waals surface area (Å²) in [7, 11) is 1.95. The van der Waals surface area contributed by atoms with Crippen molar-refractivity contribution in [2.45, 2.75) is 27.3 Å². The highest BCUT2D eigenvalue weighted by molar-refractivity contribution is 6.31. The zero-order valence-electron chi connectivity index (χ0n) is 11.2. The third-order valence-corrected chi connectivity index (χ3v) is 3.62. The van der Waals surface area contributed by atoms with Crippen LogP contribution in [0.2, 0.25) is 5.02 Å². The van der Waals surface area contributed by atoms with Crippen molar-refractivity contribution in [1.82, 2.24) is 9.78 Å². The molecule has 0 aliphatic rings.